The summed E-state index contributed by atoms with van der Waals surface area (Å²) < 4.78 is 22.5. The fraction of sp³-hybridized carbons (Fsp3) is 0.600. The van der Waals surface area contributed by atoms with Crippen molar-refractivity contribution in [2.75, 3.05) is 13.2 Å². The summed E-state index contributed by atoms with van der Waals surface area (Å²) >= 11 is 0. The van der Waals surface area contributed by atoms with Crippen LogP contribution in [0.25, 0.3) is 0 Å². The first-order chi connectivity index (χ1) is 4.27. The second-order valence-corrected chi connectivity index (χ2v) is 1.23. The van der Waals surface area contributed by atoms with E-state index in [1.54, 1.807) is 0 Å². The molecule has 0 aromatic carbocycles. The molecule has 0 fully saturated rings. The van der Waals surface area contributed by atoms with Crippen LogP contribution in [0.1, 0.15) is 0 Å². The Morgan fingerprint density at radius 2 is 2.33 bits per heavy atom. The van der Waals surface area contributed by atoms with E-state index in [1.165, 1.54) is 0 Å². The van der Waals surface area contributed by atoms with Gasteiger partial charge in [0.05, 0.1) is 6.54 Å². The third kappa shape index (κ3) is 7.34. The molecule has 0 heterocycles. The zero-order valence-electron chi connectivity index (χ0n) is 4.73. The van der Waals surface area contributed by atoms with Gasteiger partial charge in [-0.25, -0.2) is 8.78 Å². The fourth-order valence-corrected chi connectivity index (χ4v) is 0.215. The van der Waals surface area contributed by atoms with Crippen molar-refractivity contribution >= 4 is 0 Å². The zero-order valence-corrected chi connectivity index (χ0v) is 4.73. The number of hydrogen-bond donors (Lipinski definition) is 1. The summed E-state index contributed by atoms with van der Waals surface area (Å²) in [5, 5.41) is 0. The van der Waals surface area contributed by atoms with Gasteiger partial charge in [-0.05, 0) is 0 Å². The van der Waals surface area contributed by atoms with Crippen molar-refractivity contribution in [1.82, 2.24) is 5.48 Å². The monoisotopic (exact) mass is 135 g/mol. The molecule has 0 saturated heterocycles. The zero-order chi connectivity index (χ0) is 7.11. The molecule has 52 valence electrons. The molecule has 0 radical (unpaired) electrons. The second-order valence-electron chi connectivity index (χ2n) is 1.23. The molecule has 0 rings (SSSR count). The third-order valence-electron chi connectivity index (χ3n) is 0.495. The highest BCUT2D eigenvalue weighted by Gasteiger charge is 1.98. The van der Waals surface area contributed by atoms with Crippen molar-refractivity contribution < 1.29 is 13.6 Å². The van der Waals surface area contributed by atoms with E-state index >= 15 is 0 Å². The first kappa shape index (κ1) is 8.34. The summed E-state index contributed by atoms with van der Waals surface area (Å²) in [6.07, 6.45) is 2.34. The van der Waals surface area contributed by atoms with Gasteiger partial charge in [-0.1, -0.05) is 5.92 Å². The first-order valence-electron chi connectivity index (χ1n) is 2.33. The average molecular weight is 135 g/mol. The highest BCUT2D eigenvalue weighted by Crippen LogP contribution is 1.86. The minimum atomic E-state index is -2.40. The molecule has 2 nitrogen and oxygen atoms in total. The van der Waals surface area contributed by atoms with Gasteiger partial charge >= 0.3 is 0 Å². The topological polar surface area (TPSA) is 21.3 Å². The molecule has 0 bridgehead atoms. The number of hydroxylamine groups is 1. The largest absolute Gasteiger partial charge is 0.289 e. The van der Waals surface area contributed by atoms with Crippen molar-refractivity contribution in [3.05, 3.63) is 0 Å². The van der Waals surface area contributed by atoms with Crippen molar-refractivity contribution in [2.45, 2.75) is 6.43 Å². The Hall–Kier alpha value is -0.660. The Balaban J connectivity index is 2.85. The number of rotatable bonds is 4. The molecule has 9 heavy (non-hydrogen) atoms. The lowest BCUT2D eigenvalue weighted by Crippen LogP contribution is -2.21. The Morgan fingerprint density at radius 3 is 2.78 bits per heavy atom. The van der Waals surface area contributed by atoms with Crippen LogP contribution in [-0.2, 0) is 4.84 Å². The minimum Gasteiger partial charge on any atom is -0.289 e. The Labute approximate surface area is 52.1 Å². The van der Waals surface area contributed by atoms with E-state index in [-0.39, 0.29) is 6.61 Å². The van der Waals surface area contributed by atoms with E-state index in [0.29, 0.717) is 0 Å². The van der Waals surface area contributed by atoms with E-state index in [4.69, 9.17) is 6.42 Å². The Morgan fingerprint density at radius 1 is 1.67 bits per heavy atom. The quantitative estimate of drug-likeness (QED) is 0.342. The maximum absolute atomic E-state index is 11.3. The molecule has 0 atom stereocenters. The van der Waals surface area contributed by atoms with Crippen molar-refractivity contribution in [3.63, 3.8) is 0 Å². The van der Waals surface area contributed by atoms with Crippen LogP contribution in [0.4, 0.5) is 8.78 Å². The molecule has 0 amide bonds. The maximum Gasteiger partial charge on any atom is 0.253 e. The van der Waals surface area contributed by atoms with Gasteiger partial charge in [0.2, 0.25) is 0 Å². The van der Waals surface area contributed by atoms with Crippen LogP contribution in [0.2, 0.25) is 0 Å². The summed E-state index contributed by atoms with van der Waals surface area (Å²) in [5.41, 5.74) is 1.99. The average Bonchev–Trinajstić information content (AvgIpc) is 1.80. The summed E-state index contributed by atoms with van der Waals surface area (Å²) in [6, 6.07) is 0. The minimum absolute atomic E-state index is 0.00667. The van der Waals surface area contributed by atoms with E-state index in [2.05, 4.69) is 10.8 Å². The molecule has 0 aliphatic rings. The molecular weight excluding hydrogens is 128 g/mol. The number of hydrogen-bond acceptors (Lipinski definition) is 2. The second kappa shape index (κ2) is 5.48. The number of nitrogens with one attached hydrogen (secondary N) is 1. The predicted octanol–water partition coefficient (Wildman–Crippen LogP) is 0.406. The smallest absolute Gasteiger partial charge is 0.253 e. The van der Waals surface area contributed by atoms with Gasteiger partial charge in [-0.2, -0.15) is 5.48 Å². The molecule has 0 saturated carbocycles. The predicted molar refractivity (Wildman–Crippen MR) is 28.8 cm³/mol. The molecular formula is C5H7F2NO. The summed E-state index contributed by atoms with van der Waals surface area (Å²) in [6.45, 7) is -0.478. The summed E-state index contributed by atoms with van der Waals surface area (Å²) in [4.78, 5) is 4.33. The lowest BCUT2D eigenvalue weighted by atomic mass is 10.7. The van der Waals surface area contributed by atoms with Gasteiger partial charge in [0.1, 0.15) is 6.61 Å². The van der Waals surface area contributed by atoms with Crippen LogP contribution in [-0.4, -0.2) is 19.6 Å². The number of alkyl halides is 2. The van der Waals surface area contributed by atoms with E-state index in [9.17, 15) is 8.78 Å². The maximum atomic E-state index is 11.3. The highest BCUT2D eigenvalue weighted by atomic mass is 19.3. The van der Waals surface area contributed by atoms with Gasteiger partial charge < -0.3 is 0 Å². The van der Waals surface area contributed by atoms with Gasteiger partial charge in [-0.3, -0.25) is 4.84 Å². The van der Waals surface area contributed by atoms with Gasteiger partial charge in [0.25, 0.3) is 6.43 Å². The van der Waals surface area contributed by atoms with Gasteiger partial charge in [-0.15, -0.1) is 6.42 Å². The van der Waals surface area contributed by atoms with Crippen LogP contribution < -0.4 is 5.48 Å². The Bertz CT molecular complexity index is 99.6. The molecule has 0 unspecified atom stereocenters. The SMILES string of the molecule is C#CCONCC(F)F. The Kier molecular flexibility index (Phi) is 5.07. The number of terminal acetylenes is 1. The molecule has 0 spiro atoms. The van der Waals surface area contributed by atoms with Crippen molar-refractivity contribution in [3.8, 4) is 12.3 Å². The van der Waals surface area contributed by atoms with E-state index in [1.807, 2.05) is 5.48 Å². The standard InChI is InChI=1S/C5H7F2NO/c1-2-3-9-8-4-5(6)7/h1,5,8H,3-4H2. The van der Waals surface area contributed by atoms with Crippen LogP contribution >= 0.6 is 0 Å². The van der Waals surface area contributed by atoms with Crippen LogP contribution in [0.3, 0.4) is 0 Å². The first-order valence-corrected chi connectivity index (χ1v) is 2.33. The summed E-state index contributed by atoms with van der Waals surface area (Å²) in [5.74, 6) is 2.11. The van der Waals surface area contributed by atoms with Gasteiger partial charge in [0, 0.05) is 0 Å². The molecule has 0 aliphatic heterocycles. The van der Waals surface area contributed by atoms with Crippen LogP contribution in [0, 0.1) is 12.3 Å². The van der Waals surface area contributed by atoms with Gasteiger partial charge in [0.15, 0.2) is 0 Å². The highest BCUT2D eigenvalue weighted by molar-refractivity contribution is 4.82. The summed E-state index contributed by atoms with van der Waals surface area (Å²) in [7, 11) is 0. The normalized spacial score (nSPS) is 9.56. The lowest BCUT2D eigenvalue weighted by molar-refractivity contribution is 0.0223. The number of halogens is 2. The third-order valence-corrected chi connectivity index (χ3v) is 0.495. The van der Waals surface area contributed by atoms with Crippen LogP contribution in [0.5, 0.6) is 0 Å². The van der Waals surface area contributed by atoms with Crippen LogP contribution in [0.15, 0.2) is 0 Å². The molecule has 4 heteroatoms. The van der Waals surface area contributed by atoms with Crippen molar-refractivity contribution in [1.29, 1.82) is 0 Å². The molecule has 0 aliphatic carbocycles. The molecule has 0 aromatic rings. The van der Waals surface area contributed by atoms with E-state index in [0.717, 1.165) is 0 Å². The fourth-order valence-electron chi connectivity index (χ4n) is 0.215. The molecule has 1 N–H and O–H groups in total. The molecule has 0 aromatic heterocycles. The van der Waals surface area contributed by atoms with E-state index < -0.39 is 13.0 Å². The lowest BCUT2D eigenvalue weighted by Gasteiger charge is -1.99. The van der Waals surface area contributed by atoms with Crippen molar-refractivity contribution in [2.24, 2.45) is 0 Å².